The van der Waals surface area contributed by atoms with E-state index in [1.165, 1.54) is 0 Å². The fourth-order valence-electron chi connectivity index (χ4n) is 2.31. The lowest BCUT2D eigenvalue weighted by molar-refractivity contribution is -0.137. The molecular formula is C11H21NO. The van der Waals surface area contributed by atoms with E-state index < -0.39 is 0 Å². The number of ketones is 1. The zero-order valence-corrected chi connectivity index (χ0v) is 9.48. The summed E-state index contributed by atoms with van der Waals surface area (Å²) in [7, 11) is 0. The van der Waals surface area contributed by atoms with Crippen molar-refractivity contribution in [3.63, 3.8) is 0 Å². The lowest BCUT2D eigenvalue weighted by Gasteiger charge is -2.48. The maximum Gasteiger partial charge on any atom is 0.152 e. The lowest BCUT2D eigenvalue weighted by atomic mass is 9.84. The van der Waals surface area contributed by atoms with Crippen LogP contribution in [-0.2, 0) is 4.79 Å². The Balaban J connectivity index is 2.91. The number of likely N-dealkylation sites (tertiary alicyclic amines) is 1. The summed E-state index contributed by atoms with van der Waals surface area (Å²) in [6.07, 6.45) is 1.76. The molecule has 13 heavy (non-hydrogen) atoms. The number of piperidine rings is 1. The average molecular weight is 183 g/mol. The van der Waals surface area contributed by atoms with Crippen molar-refractivity contribution < 1.29 is 4.79 Å². The predicted octanol–water partition coefficient (Wildman–Crippen LogP) is 2.23. The second kappa shape index (κ2) is 3.09. The second-order valence-electron chi connectivity index (χ2n) is 5.41. The monoisotopic (exact) mass is 183 g/mol. The molecule has 1 aliphatic rings. The normalized spacial score (nSPS) is 24.8. The molecule has 0 atom stereocenters. The minimum atomic E-state index is -0.267. The van der Waals surface area contributed by atoms with E-state index in [1.807, 2.05) is 13.8 Å². The summed E-state index contributed by atoms with van der Waals surface area (Å²) >= 11 is 0. The van der Waals surface area contributed by atoms with Gasteiger partial charge in [-0.15, -0.1) is 0 Å². The standard InChI is InChI=1S/C11H21NO/c1-10(2,3)12-8-6-7-9(13)11(12,4)5/h6-8H2,1-5H3. The topological polar surface area (TPSA) is 20.3 Å². The molecule has 0 spiro atoms. The Kier molecular flexibility index (Phi) is 2.54. The molecule has 2 heteroatoms. The van der Waals surface area contributed by atoms with Crippen LogP contribution in [0.15, 0.2) is 0 Å². The zero-order valence-electron chi connectivity index (χ0n) is 9.48. The number of hydrogen-bond donors (Lipinski definition) is 0. The summed E-state index contributed by atoms with van der Waals surface area (Å²) in [5, 5.41) is 0. The molecule has 2 nitrogen and oxygen atoms in total. The first kappa shape index (κ1) is 10.7. The van der Waals surface area contributed by atoms with Crippen molar-refractivity contribution in [1.82, 2.24) is 4.90 Å². The van der Waals surface area contributed by atoms with Gasteiger partial charge in [-0.05, 0) is 41.0 Å². The van der Waals surface area contributed by atoms with E-state index in [0.29, 0.717) is 5.78 Å². The number of carbonyl (C=O) groups excluding carboxylic acids is 1. The van der Waals surface area contributed by atoms with Gasteiger partial charge in [0.15, 0.2) is 5.78 Å². The average Bonchev–Trinajstić information content (AvgIpc) is 1.92. The molecule has 1 saturated heterocycles. The number of rotatable bonds is 0. The summed E-state index contributed by atoms with van der Waals surface area (Å²) in [4.78, 5) is 14.0. The third-order valence-corrected chi connectivity index (χ3v) is 2.95. The highest BCUT2D eigenvalue weighted by molar-refractivity contribution is 5.88. The van der Waals surface area contributed by atoms with E-state index in [-0.39, 0.29) is 11.1 Å². The van der Waals surface area contributed by atoms with Crippen LogP contribution in [0.3, 0.4) is 0 Å². The fraction of sp³-hybridized carbons (Fsp3) is 0.909. The van der Waals surface area contributed by atoms with E-state index in [9.17, 15) is 4.79 Å². The van der Waals surface area contributed by atoms with Gasteiger partial charge in [-0.1, -0.05) is 0 Å². The third kappa shape index (κ3) is 1.93. The molecule has 0 unspecified atom stereocenters. The van der Waals surface area contributed by atoms with Gasteiger partial charge in [-0.2, -0.15) is 0 Å². The van der Waals surface area contributed by atoms with Gasteiger partial charge in [-0.3, -0.25) is 9.69 Å². The quantitative estimate of drug-likeness (QED) is 0.574. The molecule has 0 amide bonds. The highest BCUT2D eigenvalue weighted by Gasteiger charge is 2.42. The van der Waals surface area contributed by atoms with Gasteiger partial charge >= 0.3 is 0 Å². The molecule has 0 radical (unpaired) electrons. The van der Waals surface area contributed by atoms with Gasteiger partial charge in [0.05, 0.1) is 5.54 Å². The highest BCUT2D eigenvalue weighted by atomic mass is 16.1. The lowest BCUT2D eigenvalue weighted by Crippen LogP contribution is -2.60. The number of Topliss-reactive ketones (excluding diaryl/α,β-unsaturated/α-hetero) is 1. The van der Waals surface area contributed by atoms with Crippen molar-refractivity contribution in [2.24, 2.45) is 0 Å². The van der Waals surface area contributed by atoms with Crippen LogP contribution in [-0.4, -0.2) is 28.3 Å². The minimum absolute atomic E-state index is 0.0968. The van der Waals surface area contributed by atoms with Crippen molar-refractivity contribution >= 4 is 5.78 Å². The van der Waals surface area contributed by atoms with E-state index in [0.717, 1.165) is 19.4 Å². The van der Waals surface area contributed by atoms with E-state index >= 15 is 0 Å². The first-order chi connectivity index (χ1) is 5.76. The molecule has 0 saturated carbocycles. The Morgan fingerprint density at radius 2 is 1.85 bits per heavy atom. The van der Waals surface area contributed by atoms with Gasteiger partial charge in [0.1, 0.15) is 0 Å². The second-order valence-corrected chi connectivity index (χ2v) is 5.41. The van der Waals surface area contributed by atoms with Gasteiger partial charge in [0, 0.05) is 18.5 Å². The van der Waals surface area contributed by atoms with Crippen molar-refractivity contribution in [2.45, 2.75) is 58.5 Å². The van der Waals surface area contributed by atoms with Crippen molar-refractivity contribution in [1.29, 1.82) is 0 Å². The maximum absolute atomic E-state index is 11.7. The molecule has 0 aromatic carbocycles. The molecule has 0 aromatic rings. The fourth-order valence-corrected chi connectivity index (χ4v) is 2.31. The number of carbonyl (C=O) groups is 1. The largest absolute Gasteiger partial charge is 0.298 e. The molecule has 1 heterocycles. The van der Waals surface area contributed by atoms with E-state index in [4.69, 9.17) is 0 Å². The van der Waals surface area contributed by atoms with Gasteiger partial charge < -0.3 is 0 Å². The van der Waals surface area contributed by atoms with Crippen LogP contribution >= 0.6 is 0 Å². The van der Waals surface area contributed by atoms with Crippen LogP contribution < -0.4 is 0 Å². The maximum atomic E-state index is 11.7. The van der Waals surface area contributed by atoms with Crippen molar-refractivity contribution in [3.05, 3.63) is 0 Å². The van der Waals surface area contributed by atoms with Crippen LogP contribution in [0.4, 0.5) is 0 Å². The van der Waals surface area contributed by atoms with Gasteiger partial charge in [0.2, 0.25) is 0 Å². The first-order valence-corrected chi connectivity index (χ1v) is 5.07. The predicted molar refractivity (Wildman–Crippen MR) is 54.8 cm³/mol. The van der Waals surface area contributed by atoms with Crippen LogP contribution in [0.25, 0.3) is 0 Å². The summed E-state index contributed by atoms with van der Waals surface area (Å²) in [5.74, 6) is 0.383. The van der Waals surface area contributed by atoms with Crippen LogP contribution in [0, 0.1) is 0 Å². The SMILES string of the molecule is CC(C)(C)N1CCCC(=O)C1(C)C. The van der Waals surface area contributed by atoms with E-state index in [1.54, 1.807) is 0 Å². The van der Waals surface area contributed by atoms with Crippen LogP contribution in [0.2, 0.25) is 0 Å². The molecule has 0 bridgehead atoms. The third-order valence-electron chi connectivity index (χ3n) is 2.95. The Hall–Kier alpha value is -0.370. The summed E-state index contributed by atoms with van der Waals surface area (Å²) in [6, 6.07) is 0. The van der Waals surface area contributed by atoms with Gasteiger partial charge in [0.25, 0.3) is 0 Å². The van der Waals surface area contributed by atoms with Crippen LogP contribution in [0.1, 0.15) is 47.5 Å². The molecule has 0 aromatic heterocycles. The molecule has 0 N–H and O–H groups in total. The summed E-state index contributed by atoms with van der Waals surface area (Å²) in [6.45, 7) is 11.6. The van der Waals surface area contributed by atoms with Crippen LogP contribution in [0.5, 0.6) is 0 Å². The molecule has 0 aliphatic carbocycles. The Morgan fingerprint density at radius 3 is 2.23 bits per heavy atom. The molecule has 1 rings (SSSR count). The number of hydrogen-bond acceptors (Lipinski definition) is 2. The van der Waals surface area contributed by atoms with E-state index in [2.05, 4.69) is 25.7 Å². The summed E-state index contributed by atoms with van der Waals surface area (Å²) < 4.78 is 0. The molecular weight excluding hydrogens is 162 g/mol. The smallest absolute Gasteiger partial charge is 0.152 e. The van der Waals surface area contributed by atoms with Crippen molar-refractivity contribution in [2.75, 3.05) is 6.54 Å². The molecule has 76 valence electrons. The zero-order chi connectivity index (χ0) is 10.3. The van der Waals surface area contributed by atoms with Crippen molar-refractivity contribution in [3.8, 4) is 0 Å². The highest BCUT2D eigenvalue weighted by Crippen LogP contribution is 2.30. The number of nitrogens with zero attached hydrogens (tertiary/aromatic N) is 1. The molecule has 1 fully saturated rings. The Labute approximate surface area is 81.3 Å². The Morgan fingerprint density at radius 1 is 1.31 bits per heavy atom. The molecule has 1 aliphatic heterocycles. The van der Waals surface area contributed by atoms with Gasteiger partial charge in [-0.25, -0.2) is 0 Å². The minimum Gasteiger partial charge on any atom is -0.298 e. The Bertz CT molecular complexity index is 213. The summed E-state index contributed by atoms with van der Waals surface area (Å²) in [5.41, 5.74) is -0.171. The first-order valence-electron chi connectivity index (χ1n) is 5.07.